The molecule has 0 radical (unpaired) electrons. The van der Waals surface area contributed by atoms with E-state index in [0.29, 0.717) is 12.2 Å². The van der Waals surface area contributed by atoms with Crippen LogP contribution in [0.2, 0.25) is 0 Å². The maximum absolute atomic E-state index is 12.7. The Morgan fingerprint density at radius 2 is 1.64 bits per heavy atom. The molecule has 3 aromatic carbocycles. The van der Waals surface area contributed by atoms with E-state index >= 15 is 0 Å². The van der Waals surface area contributed by atoms with Crippen LogP contribution in [0.4, 0.5) is 5.69 Å². The Hall–Kier alpha value is -3.07. The largest absolute Gasteiger partial charge is 0.489 e. The monoisotopic (exact) mass is 331 g/mol. The highest BCUT2D eigenvalue weighted by molar-refractivity contribution is 6.05. The second-order valence-corrected chi connectivity index (χ2v) is 6.03. The van der Waals surface area contributed by atoms with E-state index in [9.17, 15) is 4.79 Å². The van der Waals surface area contributed by atoms with Crippen LogP contribution in [0.5, 0.6) is 5.75 Å². The second-order valence-electron chi connectivity index (χ2n) is 6.03. The third-order valence-electron chi connectivity index (χ3n) is 4.03. The third kappa shape index (κ3) is 4.27. The molecular formula is C22H21NO2. The summed E-state index contributed by atoms with van der Waals surface area (Å²) in [7, 11) is 0. The molecule has 126 valence electrons. The van der Waals surface area contributed by atoms with Gasteiger partial charge in [0, 0.05) is 16.8 Å². The molecule has 0 heterocycles. The minimum Gasteiger partial charge on any atom is -0.489 e. The van der Waals surface area contributed by atoms with E-state index in [0.717, 1.165) is 22.6 Å². The summed E-state index contributed by atoms with van der Waals surface area (Å²) >= 11 is 0. The number of anilines is 1. The van der Waals surface area contributed by atoms with Gasteiger partial charge in [-0.05, 0) is 43.7 Å². The van der Waals surface area contributed by atoms with Crippen molar-refractivity contribution in [2.24, 2.45) is 0 Å². The normalized spacial score (nSPS) is 10.3. The summed E-state index contributed by atoms with van der Waals surface area (Å²) in [6.45, 7) is 4.38. The van der Waals surface area contributed by atoms with Gasteiger partial charge in [0.2, 0.25) is 0 Å². The highest BCUT2D eigenvalue weighted by Gasteiger charge is 2.12. The van der Waals surface area contributed by atoms with Crippen molar-refractivity contribution in [3.8, 4) is 5.75 Å². The topological polar surface area (TPSA) is 38.3 Å². The van der Waals surface area contributed by atoms with Gasteiger partial charge in [-0.15, -0.1) is 0 Å². The van der Waals surface area contributed by atoms with E-state index in [1.54, 1.807) is 0 Å². The minimum absolute atomic E-state index is 0.126. The number of hydrogen-bond acceptors (Lipinski definition) is 2. The Morgan fingerprint density at radius 3 is 2.40 bits per heavy atom. The van der Waals surface area contributed by atoms with Gasteiger partial charge in [-0.25, -0.2) is 0 Å². The molecule has 0 bridgehead atoms. The molecule has 1 amide bonds. The van der Waals surface area contributed by atoms with Crippen molar-refractivity contribution in [1.82, 2.24) is 0 Å². The smallest absolute Gasteiger partial charge is 0.256 e. The molecule has 0 unspecified atom stereocenters. The average molecular weight is 331 g/mol. The molecule has 25 heavy (non-hydrogen) atoms. The van der Waals surface area contributed by atoms with Crippen LogP contribution in [0.3, 0.4) is 0 Å². The maximum Gasteiger partial charge on any atom is 0.256 e. The summed E-state index contributed by atoms with van der Waals surface area (Å²) in [5.41, 5.74) is 4.53. The van der Waals surface area contributed by atoms with Crippen LogP contribution in [0.1, 0.15) is 27.0 Å². The van der Waals surface area contributed by atoms with Crippen molar-refractivity contribution in [2.45, 2.75) is 20.5 Å². The first-order valence-corrected chi connectivity index (χ1v) is 8.28. The Morgan fingerprint density at radius 1 is 0.920 bits per heavy atom. The van der Waals surface area contributed by atoms with Crippen LogP contribution in [0.25, 0.3) is 0 Å². The first kappa shape index (κ1) is 16.8. The lowest BCUT2D eigenvalue weighted by Gasteiger charge is -2.13. The fourth-order valence-corrected chi connectivity index (χ4v) is 2.69. The van der Waals surface area contributed by atoms with Crippen molar-refractivity contribution >= 4 is 11.6 Å². The van der Waals surface area contributed by atoms with Crippen molar-refractivity contribution in [3.05, 3.63) is 95.1 Å². The zero-order chi connectivity index (χ0) is 17.6. The summed E-state index contributed by atoms with van der Waals surface area (Å²) in [4.78, 5) is 12.7. The van der Waals surface area contributed by atoms with Gasteiger partial charge in [0.1, 0.15) is 12.4 Å². The van der Waals surface area contributed by atoms with E-state index in [4.69, 9.17) is 4.74 Å². The van der Waals surface area contributed by atoms with Crippen LogP contribution >= 0.6 is 0 Å². The standard InChI is InChI=1S/C22H21NO2/c1-16-12-13-21(17(2)14-16)23-22(24)20-11-7-6-8-18(20)15-25-19-9-4-3-5-10-19/h3-14H,15H2,1-2H3,(H,23,24). The molecule has 0 saturated heterocycles. The number of rotatable bonds is 5. The van der Waals surface area contributed by atoms with Crippen LogP contribution in [0.15, 0.2) is 72.8 Å². The van der Waals surface area contributed by atoms with Gasteiger partial charge < -0.3 is 10.1 Å². The number of benzene rings is 3. The van der Waals surface area contributed by atoms with Gasteiger partial charge in [0.15, 0.2) is 0 Å². The zero-order valence-electron chi connectivity index (χ0n) is 14.5. The summed E-state index contributed by atoms with van der Waals surface area (Å²) in [6, 6.07) is 23.1. The summed E-state index contributed by atoms with van der Waals surface area (Å²) < 4.78 is 5.79. The van der Waals surface area contributed by atoms with Crippen molar-refractivity contribution < 1.29 is 9.53 Å². The number of hydrogen-bond donors (Lipinski definition) is 1. The molecule has 3 nitrogen and oxygen atoms in total. The van der Waals surface area contributed by atoms with E-state index in [1.165, 1.54) is 5.56 Å². The van der Waals surface area contributed by atoms with Gasteiger partial charge >= 0.3 is 0 Å². The lowest BCUT2D eigenvalue weighted by molar-refractivity contribution is 0.102. The van der Waals surface area contributed by atoms with Gasteiger partial charge in [-0.1, -0.05) is 54.1 Å². The lowest BCUT2D eigenvalue weighted by Crippen LogP contribution is -2.15. The SMILES string of the molecule is Cc1ccc(NC(=O)c2ccccc2COc2ccccc2)c(C)c1. The number of carbonyl (C=O) groups is 1. The Balaban J connectivity index is 1.76. The van der Waals surface area contributed by atoms with Crippen LogP contribution in [-0.2, 0) is 6.61 Å². The first-order valence-electron chi connectivity index (χ1n) is 8.28. The molecule has 0 saturated carbocycles. The van der Waals surface area contributed by atoms with E-state index < -0.39 is 0 Å². The van der Waals surface area contributed by atoms with E-state index in [2.05, 4.69) is 11.4 Å². The summed E-state index contributed by atoms with van der Waals surface area (Å²) in [6.07, 6.45) is 0. The zero-order valence-corrected chi connectivity index (χ0v) is 14.5. The Kier molecular flexibility index (Phi) is 5.14. The second kappa shape index (κ2) is 7.67. The fraction of sp³-hybridized carbons (Fsp3) is 0.136. The van der Waals surface area contributed by atoms with Gasteiger partial charge in [0.25, 0.3) is 5.91 Å². The predicted molar refractivity (Wildman–Crippen MR) is 101 cm³/mol. The number of amides is 1. The molecule has 0 fully saturated rings. The molecule has 3 rings (SSSR count). The van der Waals surface area contributed by atoms with Crippen LogP contribution in [-0.4, -0.2) is 5.91 Å². The first-order chi connectivity index (χ1) is 12.1. The molecule has 3 aromatic rings. The molecular weight excluding hydrogens is 310 g/mol. The molecule has 1 N–H and O–H groups in total. The van der Waals surface area contributed by atoms with Crippen LogP contribution in [0, 0.1) is 13.8 Å². The highest BCUT2D eigenvalue weighted by Crippen LogP contribution is 2.19. The molecule has 0 aliphatic rings. The van der Waals surface area contributed by atoms with Gasteiger partial charge in [-0.3, -0.25) is 4.79 Å². The summed E-state index contributed by atoms with van der Waals surface area (Å²) in [5.74, 6) is 0.659. The molecule has 0 aliphatic carbocycles. The fourth-order valence-electron chi connectivity index (χ4n) is 2.69. The van der Waals surface area contributed by atoms with Crippen LogP contribution < -0.4 is 10.1 Å². The maximum atomic E-state index is 12.7. The number of aryl methyl sites for hydroxylation is 2. The molecule has 0 spiro atoms. The van der Waals surface area contributed by atoms with Crippen molar-refractivity contribution in [2.75, 3.05) is 5.32 Å². The van der Waals surface area contributed by atoms with Gasteiger partial charge in [0.05, 0.1) is 0 Å². The number of nitrogens with one attached hydrogen (secondary N) is 1. The average Bonchev–Trinajstić information content (AvgIpc) is 2.63. The Bertz CT molecular complexity index is 872. The minimum atomic E-state index is -0.126. The number of ether oxygens (including phenoxy) is 1. The molecule has 3 heteroatoms. The third-order valence-corrected chi connectivity index (χ3v) is 4.03. The van der Waals surface area contributed by atoms with E-state index in [-0.39, 0.29) is 5.91 Å². The van der Waals surface area contributed by atoms with Crippen molar-refractivity contribution in [1.29, 1.82) is 0 Å². The van der Waals surface area contributed by atoms with E-state index in [1.807, 2.05) is 80.6 Å². The molecule has 0 aromatic heterocycles. The number of para-hydroxylation sites is 1. The highest BCUT2D eigenvalue weighted by atomic mass is 16.5. The summed E-state index contributed by atoms with van der Waals surface area (Å²) in [5, 5.41) is 3.00. The Labute approximate surface area is 148 Å². The lowest BCUT2D eigenvalue weighted by atomic mass is 10.1. The molecule has 0 aliphatic heterocycles. The predicted octanol–water partition coefficient (Wildman–Crippen LogP) is 5.13. The number of carbonyl (C=O) groups excluding carboxylic acids is 1. The van der Waals surface area contributed by atoms with Gasteiger partial charge in [-0.2, -0.15) is 0 Å². The molecule has 0 atom stereocenters. The quantitative estimate of drug-likeness (QED) is 0.703. The van der Waals surface area contributed by atoms with Crippen molar-refractivity contribution in [3.63, 3.8) is 0 Å².